The van der Waals surface area contributed by atoms with Crippen molar-refractivity contribution in [2.24, 2.45) is 0 Å². The summed E-state index contributed by atoms with van der Waals surface area (Å²) in [6.07, 6.45) is 4.28. The summed E-state index contributed by atoms with van der Waals surface area (Å²) in [6.45, 7) is 4.03. The summed E-state index contributed by atoms with van der Waals surface area (Å²) in [5, 5.41) is 0.550. The first kappa shape index (κ1) is 13.7. The maximum absolute atomic E-state index is 6.19. The van der Waals surface area contributed by atoms with Crippen LogP contribution in [0.25, 0.3) is 0 Å². The maximum atomic E-state index is 6.19. The Labute approximate surface area is 129 Å². The van der Waals surface area contributed by atoms with E-state index in [-0.39, 0.29) is 5.60 Å². The SMILES string of the molecule is Clc1cc(N2CCOC3(CCOCC3)C2)nc(C2CC2)n1. The molecule has 1 saturated carbocycles. The Kier molecular flexibility index (Phi) is 3.52. The molecule has 0 bridgehead atoms. The van der Waals surface area contributed by atoms with Crippen LogP contribution in [-0.2, 0) is 9.47 Å². The highest BCUT2D eigenvalue weighted by Gasteiger charge is 2.39. The van der Waals surface area contributed by atoms with E-state index >= 15 is 0 Å². The summed E-state index contributed by atoms with van der Waals surface area (Å²) < 4.78 is 11.6. The van der Waals surface area contributed by atoms with E-state index in [1.807, 2.05) is 6.07 Å². The molecule has 1 spiro atoms. The molecule has 1 aliphatic carbocycles. The Hall–Kier alpha value is -0.910. The summed E-state index contributed by atoms with van der Waals surface area (Å²) in [5.41, 5.74) is -0.0757. The molecule has 1 aromatic heterocycles. The Morgan fingerprint density at radius 2 is 2.00 bits per heavy atom. The highest BCUT2D eigenvalue weighted by molar-refractivity contribution is 6.29. The van der Waals surface area contributed by atoms with Gasteiger partial charge in [-0.05, 0) is 12.8 Å². The molecule has 0 radical (unpaired) electrons. The van der Waals surface area contributed by atoms with Gasteiger partial charge in [-0.25, -0.2) is 9.97 Å². The number of anilines is 1. The Morgan fingerprint density at radius 3 is 2.76 bits per heavy atom. The summed E-state index contributed by atoms with van der Waals surface area (Å²) in [6, 6.07) is 1.88. The average molecular weight is 310 g/mol. The Bertz CT molecular complexity index is 524. The van der Waals surface area contributed by atoms with E-state index in [1.54, 1.807) is 0 Å². The molecule has 5 nitrogen and oxygen atoms in total. The smallest absolute Gasteiger partial charge is 0.135 e. The zero-order valence-electron chi connectivity index (χ0n) is 12.1. The van der Waals surface area contributed by atoms with Crippen LogP contribution >= 0.6 is 11.6 Å². The van der Waals surface area contributed by atoms with Crippen molar-refractivity contribution in [1.29, 1.82) is 0 Å². The number of hydrogen-bond acceptors (Lipinski definition) is 5. The molecule has 0 amide bonds. The molecule has 6 heteroatoms. The van der Waals surface area contributed by atoms with Crippen molar-refractivity contribution in [2.45, 2.75) is 37.2 Å². The summed E-state index contributed by atoms with van der Waals surface area (Å²) >= 11 is 6.19. The van der Waals surface area contributed by atoms with Crippen LogP contribution in [-0.4, -0.2) is 48.5 Å². The summed E-state index contributed by atoms with van der Waals surface area (Å²) in [5.74, 6) is 2.37. The van der Waals surface area contributed by atoms with Gasteiger partial charge < -0.3 is 14.4 Å². The molecule has 2 aliphatic heterocycles. The van der Waals surface area contributed by atoms with Gasteiger partial charge in [-0.3, -0.25) is 0 Å². The van der Waals surface area contributed by atoms with Crippen LogP contribution in [0.1, 0.15) is 37.4 Å². The predicted octanol–water partition coefficient (Wildman–Crippen LogP) is 2.39. The first-order chi connectivity index (χ1) is 10.2. The van der Waals surface area contributed by atoms with Gasteiger partial charge >= 0.3 is 0 Å². The van der Waals surface area contributed by atoms with Crippen LogP contribution in [0.2, 0.25) is 5.15 Å². The van der Waals surface area contributed by atoms with Crippen molar-refractivity contribution >= 4 is 17.4 Å². The highest BCUT2D eigenvalue weighted by Crippen LogP contribution is 2.39. The minimum atomic E-state index is -0.0757. The lowest BCUT2D eigenvalue weighted by molar-refractivity contribution is -0.116. The van der Waals surface area contributed by atoms with Crippen LogP contribution in [0, 0.1) is 0 Å². The normalized spacial score (nSPS) is 25.3. The van der Waals surface area contributed by atoms with E-state index < -0.39 is 0 Å². The molecule has 0 N–H and O–H groups in total. The van der Waals surface area contributed by atoms with Crippen LogP contribution < -0.4 is 4.90 Å². The molecule has 3 fully saturated rings. The number of morpholine rings is 1. The second-order valence-corrected chi connectivity index (χ2v) is 6.63. The van der Waals surface area contributed by atoms with Gasteiger partial charge in [0.25, 0.3) is 0 Å². The van der Waals surface area contributed by atoms with Gasteiger partial charge in [-0.15, -0.1) is 0 Å². The van der Waals surface area contributed by atoms with E-state index in [0.29, 0.717) is 11.1 Å². The fraction of sp³-hybridized carbons (Fsp3) is 0.733. The molecule has 0 aromatic carbocycles. The fourth-order valence-electron chi connectivity index (χ4n) is 3.20. The van der Waals surface area contributed by atoms with Gasteiger partial charge in [-0.1, -0.05) is 11.6 Å². The topological polar surface area (TPSA) is 47.5 Å². The third kappa shape index (κ3) is 2.87. The molecule has 114 valence electrons. The zero-order valence-corrected chi connectivity index (χ0v) is 12.8. The van der Waals surface area contributed by atoms with E-state index in [2.05, 4.69) is 9.88 Å². The van der Waals surface area contributed by atoms with Crippen molar-refractivity contribution in [3.63, 3.8) is 0 Å². The van der Waals surface area contributed by atoms with Crippen LogP contribution in [0.4, 0.5) is 5.82 Å². The van der Waals surface area contributed by atoms with Crippen molar-refractivity contribution in [3.8, 4) is 0 Å². The zero-order chi connectivity index (χ0) is 14.3. The van der Waals surface area contributed by atoms with Gasteiger partial charge in [0.15, 0.2) is 0 Å². The van der Waals surface area contributed by atoms with Gasteiger partial charge in [-0.2, -0.15) is 0 Å². The number of nitrogens with zero attached hydrogens (tertiary/aromatic N) is 3. The Morgan fingerprint density at radius 1 is 1.19 bits per heavy atom. The molecular weight excluding hydrogens is 290 g/mol. The molecule has 4 rings (SSSR count). The number of rotatable bonds is 2. The van der Waals surface area contributed by atoms with E-state index in [9.17, 15) is 0 Å². The van der Waals surface area contributed by atoms with E-state index in [1.165, 1.54) is 12.8 Å². The molecule has 1 aromatic rings. The van der Waals surface area contributed by atoms with E-state index in [0.717, 1.165) is 57.4 Å². The van der Waals surface area contributed by atoms with Gasteiger partial charge in [0.05, 0.1) is 12.2 Å². The highest BCUT2D eigenvalue weighted by atomic mass is 35.5. The largest absolute Gasteiger partial charge is 0.381 e. The van der Waals surface area contributed by atoms with Crippen LogP contribution in [0.5, 0.6) is 0 Å². The molecule has 0 atom stereocenters. The van der Waals surface area contributed by atoms with Crippen LogP contribution in [0.15, 0.2) is 6.07 Å². The number of hydrogen-bond donors (Lipinski definition) is 0. The third-order valence-electron chi connectivity index (χ3n) is 4.62. The second-order valence-electron chi connectivity index (χ2n) is 6.25. The monoisotopic (exact) mass is 309 g/mol. The number of aromatic nitrogens is 2. The van der Waals surface area contributed by atoms with Gasteiger partial charge in [0.2, 0.25) is 0 Å². The maximum Gasteiger partial charge on any atom is 0.135 e. The standard InChI is InChI=1S/C15H20ClN3O2/c16-12-9-13(18-14(17-12)11-1-2-11)19-5-8-21-15(10-19)3-6-20-7-4-15/h9,11H,1-8,10H2. The quantitative estimate of drug-likeness (QED) is 0.785. The summed E-state index contributed by atoms with van der Waals surface area (Å²) in [7, 11) is 0. The summed E-state index contributed by atoms with van der Waals surface area (Å²) in [4.78, 5) is 11.4. The lowest BCUT2D eigenvalue weighted by Gasteiger charge is -2.45. The lowest BCUT2D eigenvalue weighted by atomic mass is 9.92. The predicted molar refractivity (Wildman–Crippen MR) is 80.0 cm³/mol. The van der Waals surface area contributed by atoms with Gasteiger partial charge in [0.1, 0.15) is 16.8 Å². The average Bonchev–Trinajstić information content (AvgIpc) is 3.32. The minimum absolute atomic E-state index is 0.0757. The second kappa shape index (κ2) is 5.38. The van der Waals surface area contributed by atoms with Crippen molar-refractivity contribution in [2.75, 3.05) is 37.8 Å². The first-order valence-electron chi connectivity index (χ1n) is 7.75. The molecule has 3 heterocycles. The Balaban J connectivity index is 1.57. The van der Waals surface area contributed by atoms with Gasteiger partial charge in [0, 0.05) is 51.1 Å². The molecule has 0 unspecified atom stereocenters. The number of ether oxygens (including phenoxy) is 2. The fourth-order valence-corrected chi connectivity index (χ4v) is 3.38. The third-order valence-corrected chi connectivity index (χ3v) is 4.81. The number of halogens is 1. The first-order valence-corrected chi connectivity index (χ1v) is 8.13. The van der Waals surface area contributed by atoms with Crippen LogP contribution in [0.3, 0.4) is 0 Å². The minimum Gasteiger partial charge on any atom is -0.381 e. The van der Waals surface area contributed by atoms with E-state index in [4.69, 9.17) is 26.1 Å². The molecule has 2 saturated heterocycles. The lowest BCUT2D eigenvalue weighted by Crippen LogP contribution is -2.54. The molecular formula is C15H20ClN3O2. The molecule has 21 heavy (non-hydrogen) atoms. The van der Waals surface area contributed by atoms with Crippen molar-refractivity contribution in [1.82, 2.24) is 9.97 Å². The van der Waals surface area contributed by atoms with Crippen molar-refractivity contribution in [3.05, 3.63) is 17.0 Å². The molecule has 3 aliphatic rings. The van der Waals surface area contributed by atoms with Crippen molar-refractivity contribution < 1.29 is 9.47 Å².